The third kappa shape index (κ3) is 3.38. The largest absolute Gasteiger partial charge is 1.00 e. The molecule has 0 N–H and O–H groups in total. The highest BCUT2D eigenvalue weighted by Gasteiger charge is 2.18. The molecule has 3 rings (SSSR count). The Morgan fingerprint density at radius 3 is 2.21 bits per heavy atom. The summed E-state index contributed by atoms with van der Waals surface area (Å²) in [4.78, 5) is 21.0. The number of nitro groups is 2. The average molecular weight is 390 g/mol. The van der Waals surface area contributed by atoms with E-state index < -0.39 is 9.85 Å². The molecule has 0 amide bonds. The van der Waals surface area contributed by atoms with Crippen LogP contribution in [-0.2, 0) is 6.54 Å². The van der Waals surface area contributed by atoms with Gasteiger partial charge in [0.05, 0.1) is 9.85 Å². The summed E-state index contributed by atoms with van der Waals surface area (Å²) in [6, 6.07) is 14.6. The Kier molecular flexibility index (Phi) is 5.20. The number of hydrogen-bond acceptors (Lipinski definition) is 4. The predicted octanol–water partition coefficient (Wildman–Crippen LogP) is -0.00400. The quantitative estimate of drug-likeness (QED) is 0.356. The minimum Gasteiger partial charge on any atom is -1.00 e. The van der Waals surface area contributed by atoms with E-state index in [9.17, 15) is 20.2 Å². The summed E-state index contributed by atoms with van der Waals surface area (Å²) < 4.78 is 1.88. The molecule has 0 saturated heterocycles. The van der Waals surface area contributed by atoms with Crippen molar-refractivity contribution < 1.29 is 31.4 Å². The maximum atomic E-state index is 11.1. The van der Waals surface area contributed by atoms with Crippen LogP contribution in [0, 0.1) is 20.2 Å². The highest BCUT2D eigenvalue weighted by molar-refractivity contribution is 5.85. The van der Waals surface area contributed by atoms with Crippen molar-refractivity contribution in [3.05, 3.63) is 86.6 Å². The van der Waals surface area contributed by atoms with Crippen LogP contribution in [0.25, 0.3) is 10.9 Å². The van der Waals surface area contributed by atoms with Crippen molar-refractivity contribution in [3.8, 4) is 0 Å². The molecule has 122 valence electrons. The van der Waals surface area contributed by atoms with Crippen LogP contribution in [0.15, 0.2) is 60.8 Å². The number of aromatic nitrogens is 1. The van der Waals surface area contributed by atoms with E-state index >= 15 is 0 Å². The maximum Gasteiger partial charge on any atom is 0.283 e. The molecule has 0 aliphatic heterocycles. The topological polar surface area (TPSA) is 90.2 Å². The lowest BCUT2D eigenvalue weighted by Gasteiger charge is -2.02. The van der Waals surface area contributed by atoms with Crippen LogP contribution in [0.3, 0.4) is 0 Å². The zero-order valence-electron chi connectivity index (χ0n) is 12.3. The molecule has 3 aromatic rings. The van der Waals surface area contributed by atoms with E-state index in [0.29, 0.717) is 11.9 Å². The lowest BCUT2D eigenvalue weighted by molar-refractivity contribution is -0.662. The number of benzene rings is 2. The fraction of sp³-hybridized carbons (Fsp3) is 0.0625. The summed E-state index contributed by atoms with van der Waals surface area (Å²) in [7, 11) is 0. The summed E-state index contributed by atoms with van der Waals surface area (Å²) in [5, 5.41) is 22.4. The minimum atomic E-state index is -0.446. The Labute approximate surface area is 147 Å². The molecule has 1 aromatic heterocycles. The van der Waals surface area contributed by atoms with Crippen LogP contribution in [0.5, 0.6) is 0 Å². The first-order chi connectivity index (χ1) is 11.1. The molecule has 0 spiro atoms. The van der Waals surface area contributed by atoms with Crippen LogP contribution in [0.4, 0.5) is 11.4 Å². The van der Waals surface area contributed by atoms with Gasteiger partial charge in [0.15, 0.2) is 12.7 Å². The van der Waals surface area contributed by atoms with Crippen LogP contribution in [0.1, 0.15) is 5.56 Å². The highest BCUT2D eigenvalue weighted by atomic mass is 79.9. The van der Waals surface area contributed by atoms with Crippen molar-refractivity contribution >= 4 is 22.3 Å². The molecule has 0 saturated carbocycles. The highest BCUT2D eigenvalue weighted by Crippen LogP contribution is 2.22. The smallest absolute Gasteiger partial charge is 0.283 e. The Morgan fingerprint density at radius 1 is 0.875 bits per heavy atom. The van der Waals surface area contributed by atoms with Gasteiger partial charge in [-0.2, -0.15) is 4.57 Å². The summed E-state index contributed by atoms with van der Waals surface area (Å²) in [5.41, 5.74) is 1.70. The molecular weight excluding hydrogens is 378 g/mol. The number of non-ortho nitro benzene ring substituents is 2. The van der Waals surface area contributed by atoms with Crippen molar-refractivity contribution in [1.82, 2.24) is 0 Å². The van der Waals surface area contributed by atoms with Gasteiger partial charge >= 0.3 is 0 Å². The molecular formula is C16H12BrN3O4. The molecule has 8 heteroatoms. The number of fused-ring (bicyclic) bond motifs is 1. The number of nitro benzene ring substituents is 2. The summed E-state index contributed by atoms with van der Waals surface area (Å²) >= 11 is 0. The van der Waals surface area contributed by atoms with E-state index in [2.05, 4.69) is 0 Å². The fourth-order valence-corrected chi connectivity index (χ4v) is 2.50. The molecule has 0 aliphatic rings. The van der Waals surface area contributed by atoms with Gasteiger partial charge in [-0.3, -0.25) is 20.2 Å². The van der Waals surface area contributed by atoms with Crippen molar-refractivity contribution in [2.45, 2.75) is 6.54 Å². The van der Waals surface area contributed by atoms with Crippen LogP contribution < -0.4 is 21.5 Å². The molecule has 0 aliphatic carbocycles. The van der Waals surface area contributed by atoms with E-state index in [1.807, 2.05) is 16.8 Å². The lowest BCUT2D eigenvalue weighted by atomic mass is 10.1. The normalized spacial score (nSPS) is 10.2. The molecule has 2 aromatic carbocycles. The average Bonchev–Trinajstić information content (AvgIpc) is 2.55. The zero-order chi connectivity index (χ0) is 16.4. The Morgan fingerprint density at radius 2 is 1.58 bits per heavy atom. The van der Waals surface area contributed by atoms with E-state index in [1.165, 1.54) is 18.2 Å². The van der Waals surface area contributed by atoms with Gasteiger partial charge in [-0.25, -0.2) is 0 Å². The Balaban J connectivity index is 0.00000208. The third-order valence-corrected chi connectivity index (χ3v) is 3.60. The molecule has 1 heterocycles. The first kappa shape index (κ1) is 17.5. The molecule has 24 heavy (non-hydrogen) atoms. The van der Waals surface area contributed by atoms with Gasteiger partial charge in [0.2, 0.25) is 5.52 Å². The SMILES string of the molecule is O=[N+]([O-])c1ccc(C[n+]2cccc3c([N+](=O)[O-])cccc32)cc1.[Br-]. The van der Waals surface area contributed by atoms with Crippen LogP contribution in [0.2, 0.25) is 0 Å². The molecule has 0 bridgehead atoms. The first-order valence-electron chi connectivity index (χ1n) is 6.85. The Hall–Kier alpha value is -2.87. The minimum absolute atomic E-state index is 0. The van der Waals surface area contributed by atoms with Gasteiger partial charge in [0.1, 0.15) is 5.39 Å². The van der Waals surface area contributed by atoms with Crippen LogP contribution >= 0.6 is 0 Å². The second kappa shape index (κ2) is 7.14. The number of hydrogen-bond donors (Lipinski definition) is 0. The standard InChI is InChI=1S/C16H12N3O4.BrH/c20-18(21)13-8-6-12(7-9-13)11-17-10-2-3-14-15(17)4-1-5-16(14)19(22)23;/h1-10H,11H2;1H/q+1;/p-1. The molecule has 7 nitrogen and oxygen atoms in total. The van der Waals surface area contributed by atoms with Gasteiger partial charge < -0.3 is 17.0 Å². The molecule has 0 fully saturated rings. The van der Waals surface area contributed by atoms with Gasteiger partial charge in [0.25, 0.3) is 11.4 Å². The first-order valence-corrected chi connectivity index (χ1v) is 6.85. The van der Waals surface area contributed by atoms with Gasteiger partial charge in [-0.1, -0.05) is 0 Å². The maximum absolute atomic E-state index is 11.1. The van der Waals surface area contributed by atoms with Crippen molar-refractivity contribution in [3.63, 3.8) is 0 Å². The van der Waals surface area contributed by atoms with Gasteiger partial charge in [0, 0.05) is 35.9 Å². The second-order valence-corrected chi connectivity index (χ2v) is 5.03. The Bertz CT molecular complexity index is 913. The van der Waals surface area contributed by atoms with E-state index in [4.69, 9.17) is 0 Å². The number of nitrogens with zero attached hydrogens (tertiary/aromatic N) is 3. The third-order valence-electron chi connectivity index (χ3n) is 3.60. The number of pyridine rings is 1. The van der Waals surface area contributed by atoms with Crippen LogP contribution in [-0.4, -0.2) is 9.85 Å². The summed E-state index contributed by atoms with van der Waals surface area (Å²) in [6.45, 7) is 0.469. The second-order valence-electron chi connectivity index (χ2n) is 5.03. The summed E-state index contributed by atoms with van der Waals surface area (Å²) in [5.74, 6) is 0. The lowest BCUT2D eigenvalue weighted by Crippen LogP contribution is -3.00. The van der Waals surface area contributed by atoms with Crippen molar-refractivity contribution in [1.29, 1.82) is 0 Å². The van der Waals surface area contributed by atoms with Crippen molar-refractivity contribution in [2.75, 3.05) is 0 Å². The molecule has 0 unspecified atom stereocenters. The van der Waals surface area contributed by atoms with Gasteiger partial charge in [-0.05, 0) is 24.3 Å². The van der Waals surface area contributed by atoms with Gasteiger partial charge in [-0.15, -0.1) is 0 Å². The molecule has 0 atom stereocenters. The van der Waals surface area contributed by atoms with Crippen molar-refractivity contribution in [2.24, 2.45) is 0 Å². The fourth-order valence-electron chi connectivity index (χ4n) is 2.50. The number of rotatable bonds is 4. The van der Waals surface area contributed by atoms with E-state index in [-0.39, 0.29) is 28.4 Å². The monoisotopic (exact) mass is 389 g/mol. The summed E-state index contributed by atoms with van der Waals surface area (Å²) in [6.07, 6.45) is 1.83. The predicted molar refractivity (Wildman–Crippen MR) is 83.0 cm³/mol. The van der Waals surface area contributed by atoms with E-state index in [1.54, 1.807) is 30.3 Å². The number of halogens is 1. The zero-order valence-corrected chi connectivity index (χ0v) is 13.9. The molecule has 0 radical (unpaired) electrons. The van der Waals surface area contributed by atoms with E-state index in [0.717, 1.165) is 11.1 Å².